The summed E-state index contributed by atoms with van der Waals surface area (Å²) in [4.78, 5) is 18.9. The average Bonchev–Trinajstić information content (AvgIpc) is 2.20. The van der Waals surface area contributed by atoms with Crippen LogP contribution in [0.5, 0.6) is 0 Å². The van der Waals surface area contributed by atoms with Crippen molar-refractivity contribution in [1.82, 2.24) is 9.97 Å². The summed E-state index contributed by atoms with van der Waals surface area (Å²) >= 11 is 3.20. The molecule has 0 saturated carbocycles. The number of ether oxygens (including phenoxy) is 1. The van der Waals surface area contributed by atoms with Gasteiger partial charge in [-0.05, 0) is 35.2 Å². The van der Waals surface area contributed by atoms with Crippen LogP contribution in [0.1, 0.15) is 45.3 Å². The van der Waals surface area contributed by atoms with Crippen LogP contribution in [-0.2, 0) is 4.74 Å². The fourth-order valence-corrected chi connectivity index (χ4v) is 1.81. The summed E-state index contributed by atoms with van der Waals surface area (Å²) in [5.41, 5.74) is 0.394. The van der Waals surface area contributed by atoms with E-state index in [1.54, 1.807) is 6.92 Å². The van der Waals surface area contributed by atoms with Crippen molar-refractivity contribution >= 4 is 15.9 Å². The molecule has 1 N–H and O–H groups in total. The van der Waals surface area contributed by atoms with E-state index in [0.29, 0.717) is 22.6 Å². The molecule has 1 rings (SSSR count). The molecule has 1 heterocycles. The Balaban J connectivity index is 3.25. The number of aromatic nitrogens is 2. The van der Waals surface area contributed by atoms with Gasteiger partial charge in [-0.25, -0.2) is 4.98 Å². The summed E-state index contributed by atoms with van der Waals surface area (Å²) in [5.74, 6) is 0.588. The molecule has 1 atom stereocenters. The van der Waals surface area contributed by atoms with Gasteiger partial charge in [0.25, 0.3) is 5.56 Å². The van der Waals surface area contributed by atoms with Crippen LogP contribution in [0.4, 0.5) is 0 Å². The molecule has 0 bridgehead atoms. The molecule has 4 nitrogen and oxygen atoms in total. The number of aryl methyl sites for hydroxylation is 1. The summed E-state index contributed by atoms with van der Waals surface area (Å²) in [7, 11) is 0. The molecule has 0 spiro atoms. The Hall–Kier alpha value is -0.680. The first-order chi connectivity index (χ1) is 7.77. The lowest BCUT2D eigenvalue weighted by Gasteiger charge is -2.29. The number of aromatic amines is 1. The van der Waals surface area contributed by atoms with Crippen molar-refractivity contribution in [2.24, 2.45) is 5.41 Å². The molecule has 0 aliphatic heterocycles. The monoisotopic (exact) mass is 302 g/mol. The third-order valence-electron chi connectivity index (χ3n) is 2.42. The van der Waals surface area contributed by atoms with Gasteiger partial charge >= 0.3 is 0 Å². The van der Waals surface area contributed by atoms with Crippen molar-refractivity contribution in [2.45, 2.75) is 40.7 Å². The fraction of sp³-hybridized carbons (Fsp3) is 0.667. The molecule has 1 aromatic rings. The van der Waals surface area contributed by atoms with Crippen molar-refractivity contribution in [1.29, 1.82) is 0 Å². The number of rotatable bonds is 3. The van der Waals surface area contributed by atoms with Crippen molar-refractivity contribution in [2.75, 3.05) is 6.61 Å². The Morgan fingerprint density at radius 1 is 1.47 bits per heavy atom. The van der Waals surface area contributed by atoms with E-state index < -0.39 is 0 Å². The standard InChI is InChI=1S/C12H19BrN2O2/c1-6-17-9(12(3,4)5)10-14-7(2)8(13)11(16)15-10/h9H,6H2,1-5H3,(H,14,15,16). The minimum atomic E-state index is -0.216. The number of nitrogens with zero attached hydrogens (tertiary/aromatic N) is 1. The minimum absolute atomic E-state index is 0.119. The van der Waals surface area contributed by atoms with E-state index in [0.717, 1.165) is 0 Å². The second kappa shape index (κ2) is 5.31. The first-order valence-electron chi connectivity index (χ1n) is 5.65. The van der Waals surface area contributed by atoms with Gasteiger partial charge in [-0.15, -0.1) is 0 Å². The highest BCUT2D eigenvalue weighted by atomic mass is 79.9. The van der Waals surface area contributed by atoms with Gasteiger partial charge < -0.3 is 9.72 Å². The molecule has 1 unspecified atom stereocenters. The van der Waals surface area contributed by atoms with Gasteiger partial charge in [-0.2, -0.15) is 0 Å². The van der Waals surface area contributed by atoms with Crippen molar-refractivity contribution in [3.8, 4) is 0 Å². The third-order valence-corrected chi connectivity index (χ3v) is 3.35. The first-order valence-corrected chi connectivity index (χ1v) is 6.44. The predicted octanol–water partition coefficient (Wildman–Crippen LogP) is 2.96. The maximum Gasteiger partial charge on any atom is 0.265 e. The SMILES string of the molecule is CCOC(c1nc(C)c(Br)c(=O)[nH]1)C(C)(C)C. The zero-order valence-corrected chi connectivity index (χ0v) is 12.5. The lowest BCUT2D eigenvalue weighted by atomic mass is 9.88. The summed E-state index contributed by atoms with van der Waals surface area (Å²) < 4.78 is 6.17. The van der Waals surface area contributed by atoms with E-state index in [4.69, 9.17) is 4.74 Å². The number of H-pyrrole nitrogens is 1. The van der Waals surface area contributed by atoms with E-state index in [1.165, 1.54) is 0 Å². The number of halogens is 1. The molecule has 1 aromatic heterocycles. The normalized spacial score (nSPS) is 13.8. The molecule has 0 aliphatic carbocycles. The molecule has 0 aliphatic rings. The average molecular weight is 303 g/mol. The summed E-state index contributed by atoms with van der Waals surface area (Å²) in [6.07, 6.45) is -0.216. The summed E-state index contributed by atoms with van der Waals surface area (Å²) in [5, 5.41) is 0. The molecule has 0 radical (unpaired) electrons. The molecule has 96 valence electrons. The Morgan fingerprint density at radius 3 is 2.47 bits per heavy atom. The van der Waals surface area contributed by atoms with Crippen molar-refractivity contribution < 1.29 is 4.74 Å². The van der Waals surface area contributed by atoms with Gasteiger partial charge in [0.15, 0.2) is 0 Å². The van der Waals surface area contributed by atoms with Crippen LogP contribution in [0, 0.1) is 12.3 Å². The number of hydrogen-bond donors (Lipinski definition) is 1. The topological polar surface area (TPSA) is 55.0 Å². The summed E-state index contributed by atoms with van der Waals surface area (Å²) in [6.45, 7) is 10.5. The third kappa shape index (κ3) is 3.39. The Bertz CT molecular complexity index is 449. The van der Waals surface area contributed by atoms with Gasteiger partial charge in [0.1, 0.15) is 16.4 Å². The Labute approximate surface area is 110 Å². The van der Waals surface area contributed by atoms with Crippen LogP contribution in [0.25, 0.3) is 0 Å². The lowest BCUT2D eigenvalue weighted by Crippen LogP contribution is -2.27. The van der Waals surface area contributed by atoms with Crippen molar-refractivity contribution in [3.05, 3.63) is 26.3 Å². The van der Waals surface area contributed by atoms with Gasteiger partial charge in [-0.1, -0.05) is 20.8 Å². The van der Waals surface area contributed by atoms with Gasteiger partial charge in [0, 0.05) is 6.61 Å². The second-order valence-electron chi connectivity index (χ2n) is 5.05. The molecule has 0 saturated heterocycles. The summed E-state index contributed by atoms with van der Waals surface area (Å²) in [6, 6.07) is 0. The number of hydrogen-bond acceptors (Lipinski definition) is 3. The van der Waals surface area contributed by atoms with Crippen LogP contribution in [0.3, 0.4) is 0 Å². The molecule has 5 heteroatoms. The first kappa shape index (κ1) is 14.4. The van der Waals surface area contributed by atoms with Crippen LogP contribution < -0.4 is 5.56 Å². The van der Waals surface area contributed by atoms with E-state index in [-0.39, 0.29) is 17.1 Å². The highest BCUT2D eigenvalue weighted by Crippen LogP contribution is 2.34. The van der Waals surface area contributed by atoms with Crippen LogP contribution in [0.2, 0.25) is 0 Å². The van der Waals surface area contributed by atoms with E-state index >= 15 is 0 Å². The lowest BCUT2D eigenvalue weighted by molar-refractivity contribution is -0.0194. The van der Waals surface area contributed by atoms with Gasteiger partial charge in [-0.3, -0.25) is 4.79 Å². The largest absolute Gasteiger partial charge is 0.370 e. The number of nitrogens with one attached hydrogen (secondary N) is 1. The molecule has 0 aromatic carbocycles. The zero-order chi connectivity index (χ0) is 13.2. The molecule has 17 heavy (non-hydrogen) atoms. The molecular weight excluding hydrogens is 284 g/mol. The van der Waals surface area contributed by atoms with E-state index in [2.05, 4.69) is 46.7 Å². The Kier molecular flexibility index (Phi) is 4.49. The smallest absolute Gasteiger partial charge is 0.265 e. The van der Waals surface area contributed by atoms with Crippen LogP contribution in [-0.4, -0.2) is 16.6 Å². The molecule has 0 amide bonds. The highest BCUT2D eigenvalue weighted by molar-refractivity contribution is 9.10. The van der Waals surface area contributed by atoms with Gasteiger partial charge in [0.2, 0.25) is 0 Å². The highest BCUT2D eigenvalue weighted by Gasteiger charge is 2.29. The maximum absolute atomic E-state index is 11.7. The Morgan fingerprint density at radius 2 is 2.06 bits per heavy atom. The van der Waals surface area contributed by atoms with Crippen LogP contribution >= 0.6 is 15.9 Å². The fourth-order valence-electron chi connectivity index (χ4n) is 1.62. The predicted molar refractivity (Wildman–Crippen MR) is 71.1 cm³/mol. The minimum Gasteiger partial charge on any atom is -0.370 e. The zero-order valence-electron chi connectivity index (χ0n) is 10.9. The van der Waals surface area contributed by atoms with E-state index in [1.807, 2.05) is 6.92 Å². The quantitative estimate of drug-likeness (QED) is 0.934. The second-order valence-corrected chi connectivity index (χ2v) is 5.84. The molecular formula is C12H19BrN2O2. The van der Waals surface area contributed by atoms with E-state index in [9.17, 15) is 4.79 Å². The van der Waals surface area contributed by atoms with Gasteiger partial charge in [0.05, 0.1) is 5.69 Å². The van der Waals surface area contributed by atoms with Crippen molar-refractivity contribution in [3.63, 3.8) is 0 Å². The maximum atomic E-state index is 11.7. The van der Waals surface area contributed by atoms with Crippen LogP contribution in [0.15, 0.2) is 9.27 Å². The molecule has 0 fully saturated rings.